The van der Waals surface area contributed by atoms with Gasteiger partial charge >= 0.3 is 12.2 Å². The van der Waals surface area contributed by atoms with E-state index in [1.165, 1.54) is 13.3 Å². The molecular weight excluding hydrogens is 479 g/mol. The molecule has 9 nitrogen and oxygen atoms in total. The van der Waals surface area contributed by atoms with Crippen molar-refractivity contribution >= 4 is 0 Å². The van der Waals surface area contributed by atoms with Crippen molar-refractivity contribution in [2.45, 2.75) is 19.0 Å². The van der Waals surface area contributed by atoms with Crippen LogP contribution in [0.15, 0.2) is 66.0 Å². The normalized spacial score (nSPS) is 11.2. The van der Waals surface area contributed by atoms with Crippen LogP contribution in [0.2, 0.25) is 0 Å². The number of nitrogens with one attached hydrogen (secondary N) is 1. The number of halogens is 3. The van der Waals surface area contributed by atoms with E-state index < -0.39 is 11.7 Å². The van der Waals surface area contributed by atoms with Crippen LogP contribution in [0.3, 0.4) is 0 Å². The van der Waals surface area contributed by atoms with E-state index in [-0.39, 0.29) is 30.1 Å². The zero-order valence-electron chi connectivity index (χ0n) is 19.0. The Balaban J connectivity index is 1.27. The molecule has 36 heavy (non-hydrogen) atoms. The van der Waals surface area contributed by atoms with Gasteiger partial charge in [-0.2, -0.15) is 13.2 Å². The van der Waals surface area contributed by atoms with Crippen molar-refractivity contribution in [2.24, 2.45) is 0 Å². The average molecular weight is 499 g/mol. The van der Waals surface area contributed by atoms with Crippen LogP contribution < -0.4 is 19.8 Å². The van der Waals surface area contributed by atoms with Gasteiger partial charge in [0, 0.05) is 49.3 Å². The van der Waals surface area contributed by atoms with E-state index in [4.69, 9.17) is 14.2 Å². The second-order valence-electron chi connectivity index (χ2n) is 7.52. The summed E-state index contributed by atoms with van der Waals surface area (Å²) in [6.07, 6.45) is 1.69. The Labute approximate surface area is 203 Å². The summed E-state index contributed by atoms with van der Waals surface area (Å²) in [5.74, 6) is 0.479. The number of hydrogen-bond donors (Lipinski definition) is 1. The van der Waals surface area contributed by atoms with Gasteiger partial charge < -0.3 is 14.2 Å². The maximum absolute atomic E-state index is 12.6. The highest BCUT2D eigenvalue weighted by Gasteiger charge is 2.30. The Morgan fingerprint density at radius 2 is 1.64 bits per heavy atom. The Kier molecular flexibility index (Phi) is 7.42. The number of methoxy groups -OCH3 is 1. The first-order chi connectivity index (χ1) is 17.3. The molecule has 0 spiro atoms. The van der Waals surface area contributed by atoms with Crippen LogP contribution >= 0.6 is 0 Å². The topological polar surface area (TPSA) is 112 Å². The molecular formula is C24H20F3N5O4. The molecule has 0 atom stereocenters. The summed E-state index contributed by atoms with van der Waals surface area (Å²) >= 11 is 0. The fourth-order valence-electron chi connectivity index (χ4n) is 3.08. The van der Waals surface area contributed by atoms with Gasteiger partial charge in [-0.1, -0.05) is 12.1 Å². The van der Waals surface area contributed by atoms with Crippen LogP contribution in [0.5, 0.6) is 23.7 Å². The molecule has 0 bridgehead atoms. The van der Waals surface area contributed by atoms with Crippen molar-refractivity contribution in [3.05, 3.63) is 93.8 Å². The van der Waals surface area contributed by atoms with Crippen molar-refractivity contribution in [3.8, 4) is 23.7 Å². The summed E-state index contributed by atoms with van der Waals surface area (Å²) in [6.45, 7) is 0.259. The largest absolute Gasteiger partial charge is 0.467 e. The first-order valence-corrected chi connectivity index (χ1v) is 10.7. The molecule has 0 amide bonds. The molecule has 12 heteroatoms. The number of nitrogens with zero attached hydrogens (tertiary/aromatic N) is 4. The van der Waals surface area contributed by atoms with Gasteiger partial charge in [-0.25, -0.2) is 19.9 Å². The minimum Gasteiger partial charge on any atom is -0.467 e. The molecule has 0 unspecified atom stereocenters. The van der Waals surface area contributed by atoms with E-state index >= 15 is 0 Å². The number of alkyl halides is 3. The molecule has 4 aromatic rings. The van der Waals surface area contributed by atoms with Gasteiger partial charge in [0.2, 0.25) is 5.88 Å². The highest BCUT2D eigenvalue weighted by Crippen LogP contribution is 2.30. The van der Waals surface area contributed by atoms with E-state index in [9.17, 15) is 18.0 Å². The fourth-order valence-corrected chi connectivity index (χ4v) is 3.08. The number of H-pyrrole nitrogens is 1. The van der Waals surface area contributed by atoms with E-state index in [2.05, 4.69) is 24.9 Å². The summed E-state index contributed by atoms with van der Waals surface area (Å²) < 4.78 is 53.8. The SMILES string of the molecule is COc1ncc(Cc2cnc(OCCc3ccc(Oc4ccc(C(F)(F)F)cn4)cc3)[nH]c2=O)cn1. The van der Waals surface area contributed by atoms with E-state index in [1.807, 2.05) is 0 Å². The standard InChI is InChI=1S/C24H20F3N5O4/c1-34-22-29-11-16(12-30-22)10-17-13-31-23(32-21(17)33)35-9-8-15-2-5-19(6-3-15)36-20-7-4-18(14-28-20)24(25,26)27/h2-7,11-14H,8-10H2,1H3,(H,31,32,33). The third-order valence-electron chi connectivity index (χ3n) is 4.95. The van der Waals surface area contributed by atoms with Crippen LogP contribution in [0.25, 0.3) is 0 Å². The van der Waals surface area contributed by atoms with Gasteiger partial charge in [0.25, 0.3) is 11.6 Å². The third-order valence-corrected chi connectivity index (χ3v) is 4.95. The van der Waals surface area contributed by atoms with Gasteiger partial charge in [0.05, 0.1) is 19.3 Å². The molecule has 0 saturated heterocycles. The lowest BCUT2D eigenvalue weighted by Gasteiger charge is -2.09. The molecule has 0 aliphatic carbocycles. The lowest BCUT2D eigenvalue weighted by atomic mass is 10.1. The van der Waals surface area contributed by atoms with Gasteiger partial charge in [-0.15, -0.1) is 0 Å². The molecule has 1 N–H and O–H groups in total. The van der Waals surface area contributed by atoms with Crippen molar-refractivity contribution in [2.75, 3.05) is 13.7 Å². The van der Waals surface area contributed by atoms with Crippen LogP contribution in [0.4, 0.5) is 13.2 Å². The first kappa shape index (κ1) is 24.6. The molecule has 0 aliphatic rings. The lowest BCUT2D eigenvalue weighted by molar-refractivity contribution is -0.137. The molecule has 0 aliphatic heterocycles. The highest BCUT2D eigenvalue weighted by molar-refractivity contribution is 5.31. The van der Waals surface area contributed by atoms with Gasteiger partial charge in [-0.05, 0) is 29.3 Å². The predicted molar refractivity (Wildman–Crippen MR) is 121 cm³/mol. The van der Waals surface area contributed by atoms with E-state index in [1.54, 1.807) is 36.7 Å². The molecule has 1 aromatic carbocycles. The maximum Gasteiger partial charge on any atom is 0.417 e. The molecule has 0 radical (unpaired) electrons. The minimum atomic E-state index is -4.45. The molecule has 0 saturated carbocycles. The number of hydrogen-bond acceptors (Lipinski definition) is 8. The number of benzene rings is 1. The monoisotopic (exact) mass is 499 g/mol. The number of aromatic amines is 1. The van der Waals surface area contributed by atoms with E-state index in [0.29, 0.717) is 24.2 Å². The van der Waals surface area contributed by atoms with Crippen molar-refractivity contribution in [1.29, 1.82) is 0 Å². The van der Waals surface area contributed by atoms with Gasteiger partial charge in [0.15, 0.2) is 0 Å². The van der Waals surface area contributed by atoms with Crippen molar-refractivity contribution in [1.82, 2.24) is 24.9 Å². The smallest absolute Gasteiger partial charge is 0.417 e. The quantitative estimate of drug-likeness (QED) is 0.368. The molecule has 3 aromatic heterocycles. The van der Waals surface area contributed by atoms with Gasteiger partial charge in [-0.3, -0.25) is 9.78 Å². The maximum atomic E-state index is 12.6. The zero-order valence-corrected chi connectivity index (χ0v) is 19.0. The second kappa shape index (κ2) is 10.8. The zero-order chi connectivity index (χ0) is 25.5. The first-order valence-electron chi connectivity index (χ1n) is 10.7. The van der Waals surface area contributed by atoms with Crippen LogP contribution in [-0.2, 0) is 19.0 Å². The average Bonchev–Trinajstić information content (AvgIpc) is 2.87. The summed E-state index contributed by atoms with van der Waals surface area (Å²) in [5.41, 5.74) is 0.922. The summed E-state index contributed by atoms with van der Waals surface area (Å²) in [7, 11) is 1.47. The minimum absolute atomic E-state index is 0.0528. The number of rotatable bonds is 9. The van der Waals surface area contributed by atoms with Gasteiger partial charge in [0.1, 0.15) is 5.75 Å². The van der Waals surface area contributed by atoms with Crippen LogP contribution in [0.1, 0.15) is 22.3 Å². The third kappa shape index (κ3) is 6.56. The predicted octanol–water partition coefficient (Wildman–Crippen LogP) is 3.99. The van der Waals surface area contributed by atoms with Crippen LogP contribution in [0, 0.1) is 0 Å². The summed E-state index contributed by atoms with van der Waals surface area (Å²) in [4.78, 5) is 30.8. The Morgan fingerprint density at radius 3 is 2.25 bits per heavy atom. The highest BCUT2D eigenvalue weighted by atomic mass is 19.4. The Hall–Kier alpha value is -4.48. The molecule has 4 rings (SSSR count). The fraction of sp³-hybridized carbons (Fsp3) is 0.208. The second-order valence-corrected chi connectivity index (χ2v) is 7.52. The Bertz CT molecular complexity index is 1340. The van der Waals surface area contributed by atoms with Crippen LogP contribution in [-0.4, -0.2) is 38.6 Å². The summed E-state index contributed by atoms with van der Waals surface area (Å²) in [5, 5.41) is 0. The number of ether oxygens (including phenoxy) is 3. The van der Waals surface area contributed by atoms with Crippen molar-refractivity contribution in [3.63, 3.8) is 0 Å². The summed E-state index contributed by atoms with van der Waals surface area (Å²) in [6, 6.07) is 9.34. The number of aromatic nitrogens is 5. The molecule has 3 heterocycles. The Morgan fingerprint density at radius 1 is 0.889 bits per heavy atom. The lowest BCUT2D eigenvalue weighted by Crippen LogP contribution is -2.16. The van der Waals surface area contributed by atoms with Crippen molar-refractivity contribution < 1.29 is 27.4 Å². The number of pyridine rings is 1. The van der Waals surface area contributed by atoms with E-state index in [0.717, 1.165) is 29.5 Å². The molecule has 0 fully saturated rings. The molecule has 186 valence electrons.